The molecular formula is C14H16Cl2N2. The molecule has 1 heterocycles. The highest BCUT2D eigenvalue weighted by Crippen LogP contribution is 2.42. The molecule has 0 unspecified atom stereocenters. The maximum Gasteiger partial charge on any atom is 0.111 e. The molecule has 0 N–H and O–H groups in total. The van der Waals surface area contributed by atoms with Crippen LogP contribution in [-0.2, 0) is 12.0 Å². The van der Waals surface area contributed by atoms with Crippen LogP contribution in [0, 0.1) is 0 Å². The Morgan fingerprint density at radius 1 is 1.39 bits per heavy atom. The van der Waals surface area contributed by atoms with Gasteiger partial charge in [0.2, 0.25) is 0 Å². The molecule has 0 spiro atoms. The normalized spacial score (nSPS) is 17.9. The topological polar surface area (TPSA) is 17.8 Å². The summed E-state index contributed by atoms with van der Waals surface area (Å²) in [6.45, 7) is 2.30. The van der Waals surface area contributed by atoms with Crippen LogP contribution in [0.5, 0.6) is 0 Å². The van der Waals surface area contributed by atoms with Crippen molar-refractivity contribution in [3.8, 4) is 0 Å². The Morgan fingerprint density at radius 3 is 2.78 bits per heavy atom. The first-order valence-electron chi connectivity index (χ1n) is 6.37. The highest BCUT2D eigenvalue weighted by molar-refractivity contribution is 6.31. The first-order chi connectivity index (χ1) is 8.64. The van der Waals surface area contributed by atoms with Gasteiger partial charge in [0.25, 0.3) is 0 Å². The van der Waals surface area contributed by atoms with Gasteiger partial charge in [-0.25, -0.2) is 4.98 Å². The molecule has 1 aromatic heterocycles. The first-order valence-corrected chi connectivity index (χ1v) is 7.29. The zero-order valence-corrected chi connectivity index (χ0v) is 11.9. The standard InChI is InChI=1S/C14H16Cl2N2/c1-14(6-2-7-14)18-12-9-10(16)3-4-11(12)17-13(18)5-8-15/h3-4,9H,2,5-8H2,1H3. The first kappa shape index (κ1) is 12.3. The van der Waals surface area contributed by atoms with E-state index in [1.54, 1.807) is 0 Å². The van der Waals surface area contributed by atoms with Crippen LogP contribution in [0.4, 0.5) is 0 Å². The Labute approximate surface area is 117 Å². The van der Waals surface area contributed by atoms with Crippen LogP contribution in [0.1, 0.15) is 32.0 Å². The van der Waals surface area contributed by atoms with E-state index >= 15 is 0 Å². The molecule has 1 saturated carbocycles. The summed E-state index contributed by atoms with van der Waals surface area (Å²) in [6, 6.07) is 5.91. The van der Waals surface area contributed by atoms with Gasteiger partial charge in [0, 0.05) is 22.9 Å². The highest BCUT2D eigenvalue weighted by atomic mass is 35.5. The number of aryl methyl sites for hydroxylation is 1. The summed E-state index contributed by atoms with van der Waals surface area (Å²) in [4.78, 5) is 4.71. The second-order valence-corrected chi connectivity index (χ2v) is 6.10. The van der Waals surface area contributed by atoms with Crippen LogP contribution in [0.3, 0.4) is 0 Å². The summed E-state index contributed by atoms with van der Waals surface area (Å²) in [5.41, 5.74) is 2.36. The van der Waals surface area contributed by atoms with Crippen LogP contribution in [0.2, 0.25) is 5.02 Å². The molecule has 2 nitrogen and oxygen atoms in total. The number of rotatable bonds is 3. The number of alkyl halides is 1. The predicted octanol–water partition coefficient (Wildman–Crippen LogP) is 4.37. The molecule has 0 saturated heterocycles. The molecule has 0 bridgehead atoms. The van der Waals surface area contributed by atoms with Gasteiger partial charge in [0.1, 0.15) is 5.82 Å². The summed E-state index contributed by atoms with van der Waals surface area (Å²) in [7, 11) is 0. The summed E-state index contributed by atoms with van der Waals surface area (Å²) in [5, 5.41) is 0.768. The van der Waals surface area contributed by atoms with Gasteiger partial charge < -0.3 is 4.57 Å². The van der Waals surface area contributed by atoms with Crippen LogP contribution in [-0.4, -0.2) is 15.4 Å². The van der Waals surface area contributed by atoms with Crippen molar-refractivity contribution in [1.29, 1.82) is 0 Å². The van der Waals surface area contributed by atoms with E-state index < -0.39 is 0 Å². The van der Waals surface area contributed by atoms with Gasteiger partial charge >= 0.3 is 0 Å². The molecule has 2 aromatic rings. The molecule has 0 atom stereocenters. The minimum absolute atomic E-state index is 0.195. The van der Waals surface area contributed by atoms with Crippen LogP contribution in [0.15, 0.2) is 18.2 Å². The molecule has 0 amide bonds. The maximum absolute atomic E-state index is 6.12. The van der Waals surface area contributed by atoms with E-state index in [2.05, 4.69) is 11.5 Å². The van der Waals surface area contributed by atoms with E-state index in [0.29, 0.717) is 5.88 Å². The third-order valence-corrected chi connectivity index (χ3v) is 4.40. The Hall–Kier alpha value is -0.730. The zero-order chi connectivity index (χ0) is 12.8. The molecule has 96 valence electrons. The van der Waals surface area contributed by atoms with Gasteiger partial charge in [-0.15, -0.1) is 11.6 Å². The van der Waals surface area contributed by atoms with Crippen LogP contribution in [0.25, 0.3) is 11.0 Å². The number of nitrogens with zero attached hydrogens (tertiary/aromatic N) is 2. The third kappa shape index (κ3) is 1.83. The number of halogens is 2. The van der Waals surface area contributed by atoms with E-state index in [9.17, 15) is 0 Å². The van der Waals surface area contributed by atoms with Crippen molar-refractivity contribution in [3.05, 3.63) is 29.0 Å². The van der Waals surface area contributed by atoms with Crippen molar-refractivity contribution in [3.63, 3.8) is 0 Å². The second kappa shape index (κ2) is 4.43. The molecule has 1 fully saturated rings. The minimum atomic E-state index is 0.195. The van der Waals surface area contributed by atoms with Crippen molar-refractivity contribution < 1.29 is 0 Å². The Bertz CT molecular complexity index is 585. The lowest BCUT2D eigenvalue weighted by molar-refractivity contribution is 0.170. The largest absolute Gasteiger partial charge is 0.322 e. The third-order valence-electron chi connectivity index (χ3n) is 3.97. The summed E-state index contributed by atoms with van der Waals surface area (Å²) in [5.74, 6) is 1.69. The van der Waals surface area contributed by atoms with E-state index in [1.807, 2.05) is 18.2 Å². The molecule has 0 radical (unpaired) electrons. The molecule has 3 rings (SSSR count). The van der Waals surface area contributed by atoms with Gasteiger partial charge in [-0.3, -0.25) is 0 Å². The molecule has 0 aliphatic heterocycles. The Balaban J connectivity index is 2.23. The number of benzene rings is 1. The van der Waals surface area contributed by atoms with Crippen molar-refractivity contribution >= 4 is 34.2 Å². The maximum atomic E-state index is 6.12. The monoisotopic (exact) mass is 282 g/mol. The fourth-order valence-corrected chi connectivity index (χ4v) is 3.20. The lowest BCUT2D eigenvalue weighted by atomic mass is 9.78. The number of hydrogen-bond acceptors (Lipinski definition) is 1. The highest BCUT2D eigenvalue weighted by Gasteiger charge is 2.36. The molecule has 1 aliphatic carbocycles. The van der Waals surface area contributed by atoms with E-state index in [-0.39, 0.29) is 5.54 Å². The van der Waals surface area contributed by atoms with Gasteiger partial charge in [-0.2, -0.15) is 0 Å². The number of aromatic nitrogens is 2. The number of hydrogen-bond donors (Lipinski definition) is 0. The number of fused-ring (bicyclic) bond motifs is 1. The fourth-order valence-electron chi connectivity index (χ4n) is 2.86. The van der Waals surface area contributed by atoms with Gasteiger partial charge in [-0.1, -0.05) is 11.6 Å². The predicted molar refractivity (Wildman–Crippen MR) is 76.7 cm³/mol. The average Bonchev–Trinajstić information content (AvgIpc) is 2.64. The summed E-state index contributed by atoms with van der Waals surface area (Å²) < 4.78 is 2.36. The molecule has 4 heteroatoms. The van der Waals surface area contributed by atoms with Crippen molar-refractivity contribution in [2.75, 3.05) is 5.88 Å². The second-order valence-electron chi connectivity index (χ2n) is 5.29. The van der Waals surface area contributed by atoms with Crippen molar-refractivity contribution in [2.24, 2.45) is 0 Å². The van der Waals surface area contributed by atoms with Crippen molar-refractivity contribution in [1.82, 2.24) is 9.55 Å². The van der Waals surface area contributed by atoms with E-state index in [1.165, 1.54) is 19.3 Å². The average molecular weight is 283 g/mol. The quantitative estimate of drug-likeness (QED) is 0.765. The molecule has 18 heavy (non-hydrogen) atoms. The van der Waals surface area contributed by atoms with E-state index in [4.69, 9.17) is 28.2 Å². The zero-order valence-electron chi connectivity index (χ0n) is 10.4. The molecule has 1 aromatic carbocycles. The van der Waals surface area contributed by atoms with E-state index in [0.717, 1.165) is 28.3 Å². The smallest absolute Gasteiger partial charge is 0.111 e. The van der Waals surface area contributed by atoms with Gasteiger partial charge in [0.05, 0.1) is 11.0 Å². The lowest BCUT2D eigenvalue weighted by Crippen LogP contribution is -2.38. The Kier molecular flexibility index (Phi) is 3.03. The SMILES string of the molecule is CC1(n2c(CCCl)nc3ccc(Cl)cc32)CCC1. The number of imidazole rings is 1. The van der Waals surface area contributed by atoms with Crippen LogP contribution >= 0.6 is 23.2 Å². The summed E-state index contributed by atoms with van der Waals surface area (Å²) >= 11 is 12.0. The fraction of sp³-hybridized carbons (Fsp3) is 0.500. The van der Waals surface area contributed by atoms with Crippen LogP contribution < -0.4 is 0 Å². The summed E-state index contributed by atoms with van der Waals surface area (Å²) in [6.07, 6.45) is 4.51. The van der Waals surface area contributed by atoms with Gasteiger partial charge in [-0.05, 0) is 44.4 Å². The minimum Gasteiger partial charge on any atom is -0.322 e. The molecule has 1 aliphatic rings. The molecular weight excluding hydrogens is 267 g/mol. The van der Waals surface area contributed by atoms with Gasteiger partial charge in [0.15, 0.2) is 0 Å². The lowest BCUT2D eigenvalue weighted by Gasteiger charge is -2.41. The Morgan fingerprint density at radius 2 is 2.17 bits per heavy atom. The van der Waals surface area contributed by atoms with Crippen molar-refractivity contribution in [2.45, 2.75) is 38.1 Å².